The SMILES string of the molecule is CC1(C)OB(c2ccc(C(F)(F)F)c(C(N)=Nc3ccc(F)cc3)c2)OC1(C)C. The fraction of sp³-hybridized carbons (Fsp3) is 0.350. The summed E-state index contributed by atoms with van der Waals surface area (Å²) in [5.74, 6) is -0.830. The minimum Gasteiger partial charge on any atom is -0.399 e. The molecule has 4 nitrogen and oxygen atoms in total. The van der Waals surface area contributed by atoms with Crippen molar-refractivity contribution in [1.29, 1.82) is 0 Å². The van der Waals surface area contributed by atoms with Gasteiger partial charge in [0, 0.05) is 5.56 Å². The van der Waals surface area contributed by atoms with Gasteiger partial charge in [-0.05, 0) is 63.5 Å². The van der Waals surface area contributed by atoms with Gasteiger partial charge in [0.15, 0.2) is 0 Å². The van der Waals surface area contributed by atoms with Gasteiger partial charge in [0.25, 0.3) is 0 Å². The molecule has 1 saturated heterocycles. The molecule has 0 bridgehead atoms. The molecule has 0 unspecified atom stereocenters. The molecule has 154 valence electrons. The Morgan fingerprint density at radius 1 is 0.966 bits per heavy atom. The van der Waals surface area contributed by atoms with Crippen LogP contribution >= 0.6 is 0 Å². The Bertz CT molecular complexity index is 924. The highest BCUT2D eigenvalue weighted by atomic mass is 19.4. The van der Waals surface area contributed by atoms with Crippen molar-refractivity contribution in [3.63, 3.8) is 0 Å². The summed E-state index contributed by atoms with van der Waals surface area (Å²) in [5, 5.41) is 0. The molecule has 0 aliphatic carbocycles. The average molecular weight is 408 g/mol. The number of alkyl halides is 3. The number of hydrogen-bond acceptors (Lipinski definition) is 3. The van der Waals surface area contributed by atoms with E-state index in [1.807, 2.05) is 27.7 Å². The average Bonchev–Trinajstić information content (AvgIpc) is 2.83. The van der Waals surface area contributed by atoms with Crippen LogP contribution in [0.5, 0.6) is 0 Å². The second-order valence-corrected chi connectivity index (χ2v) is 7.86. The van der Waals surface area contributed by atoms with Crippen LogP contribution in [0.4, 0.5) is 23.2 Å². The Hall–Kier alpha value is -2.39. The van der Waals surface area contributed by atoms with Crippen LogP contribution in [0.3, 0.4) is 0 Å². The molecular weight excluding hydrogens is 387 g/mol. The molecule has 2 N–H and O–H groups in total. The van der Waals surface area contributed by atoms with Crippen molar-refractivity contribution < 1.29 is 26.9 Å². The summed E-state index contributed by atoms with van der Waals surface area (Å²) < 4.78 is 65.5. The van der Waals surface area contributed by atoms with Crippen molar-refractivity contribution in [3.05, 3.63) is 59.4 Å². The molecule has 0 saturated carbocycles. The van der Waals surface area contributed by atoms with Crippen LogP contribution in [-0.4, -0.2) is 24.2 Å². The Morgan fingerprint density at radius 2 is 1.52 bits per heavy atom. The van der Waals surface area contributed by atoms with Crippen LogP contribution in [0, 0.1) is 5.82 Å². The van der Waals surface area contributed by atoms with Gasteiger partial charge in [-0.2, -0.15) is 13.2 Å². The Morgan fingerprint density at radius 3 is 2.03 bits per heavy atom. The maximum Gasteiger partial charge on any atom is 0.494 e. The first-order valence-electron chi connectivity index (χ1n) is 8.97. The Labute approximate surface area is 166 Å². The molecule has 9 heteroatoms. The fourth-order valence-electron chi connectivity index (χ4n) is 2.86. The van der Waals surface area contributed by atoms with Crippen LogP contribution in [0.25, 0.3) is 0 Å². The lowest BCUT2D eigenvalue weighted by atomic mass is 9.77. The van der Waals surface area contributed by atoms with E-state index in [1.54, 1.807) is 0 Å². The van der Waals surface area contributed by atoms with Crippen LogP contribution in [0.15, 0.2) is 47.5 Å². The van der Waals surface area contributed by atoms with Crippen molar-refractivity contribution in [2.45, 2.75) is 45.1 Å². The minimum atomic E-state index is -4.63. The van der Waals surface area contributed by atoms with Crippen molar-refractivity contribution in [2.24, 2.45) is 10.7 Å². The Balaban J connectivity index is 2.05. The summed E-state index contributed by atoms with van der Waals surface area (Å²) in [6, 6.07) is 8.46. The normalized spacial score (nSPS) is 18.9. The number of rotatable bonds is 3. The van der Waals surface area contributed by atoms with E-state index in [9.17, 15) is 17.6 Å². The van der Waals surface area contributed by atoms with Crippen molar-refractivity contribution in [1.82, 2.24) is 0 Å². The molecular formula is C20H21BF4N2O2. The first-order valence-corrected chi connectivity index (χ1v) is 8.97. The van der Waals surface area contributed by atoms with Crippen molar-refractivity contribution >= 4 is 24.1 Å². The molecule has 0 radical (unpaired) electrons. The zero-order valence-corrected chi connectivity index (χ0v) is 16.5. The third-order valence-corrected chi connectivity index (χ3v) is 5.23. The van der Waals surface area contributed by atoms with E-state index in [2.05, 4.69) is 4.99 Å². The van der Waals surface area contributed by atoms with E-state index < -0.39 is 35.9 Å². The number of amidine groups is 1. The molecule has 2 aromatic carbocycles. The van der Waals surface area contributed by atoms with E-state index in [4.69, 9.17) is 15.0 Å². The van der Waals surface area contributed by atoms with E-state index >= 15 is 0 Å². The molecule has 1 fully saturated rings. The number of nitrogens with two attached hydrogens (primary N) is 1. The second kappa shape index (κ2) is 7.14. The molecule has 0 atom stereocenters. The van der Waals surface area contributed by atoms with Crippen LogP contribution in [0.1, 0.15) is 38.8 Å². The minimum absolute atomic E-state index is 0.234. The summed E-state index contributed by atoms with van der Waals surface area (Å²) in [7, 11) is -0.848. The summed E-state index contributed by atoms with van der Waals surface area (Å²) in [6.45, 7) is 7.40. The van der Waals surface area contributed by atoms with Crippen molar-refractivity contribution in [3.8, 4) is 0 Å². The number of halogens is 4. The second-order valence-electron chi connectivity index (χ2n) is 7.86. The molecule has 29 heavy (non-hydrogen) atoms. The van der Waals surface area contributed by atoms with Gasteiger partial charge in [0.05, 0.1) is 22.5 Å². The third-order valence-electron chi connectivity index (χ3n) is 5.23. The molecule has 0 amide bonds. The van der Waals surface area contributed by atoms with Gasteiger partial charge in [0.1, 0.15) is 11.7 Å². The lowest BCUT2D eigenvalue weighted by molar-refractivity contribution is -0.137. The Kier molecular flexibility index (Phi) is 5.25. The quantitative estimate of drug-likeness (QED) is 0.359. The number of nitrogens with zero attached hydrogens (tertiary/aromatic N) is 1. The maximum absolute atomic E-state index is 13.5. The lowest BCUT2D eigenvalue weighted by Crippen LogP contribution is -2.41. The summed E-state index contributed by atoms with van der Waals surface area (Å²) in [6.07, 6.45) is -4.63. The zero-order chi connectivity index (χ0) is 21.6. The largest absolute Gasteiger partial charge is 0.494 e. The van der Waals surface area contributed by atoms with Gasteiger partial charge in [-0.15, -0.1) is 0 Å². The smallest absolute Gasteiger partial charge is 0.399 e. The van der Waals surface area contributed by atoms with Crippen LogP contribution < -0.4 is 11.2 Å². The van der Waals surface area contributed by atoms with Gasteiger partial charge >= 0.3 is 13.3 Å². The highest BCUT2D eigenvalue weighted by Crippen LogP contribution is 2.37. The van der Waals surface area contributed by atoms with Gasteiger partial charge in [-0.25, -0.2) is 9.38 Å². The zero-order valence-electron chi connectivity index (χ0n) is 16.5. The number of aliphatic imine (C=N–C) groups is 1. The molecule has 1 aliphatic rings. The van der Waals surface area contributed by atoms with E-state index in [0.717, 1.165) is 18.2 Å². The monoisotopic (exact) mass is 408 g/mol. The van der Waals surface area contributed by atoms with Gasteiger partial charge in [-0.3, -0.25) is 0 Å². The van der Waals surface area contributed by atoms with Crippen LogP contribution in [0.2, 0.25) is 0 Å². The molecule has 0 spiro atoms. The van der Waals surface area contributed by atoms with Gasteiger partial charge in [-0.1, -0.05) is 12.1 Å². The first kappa shape index (κ1) is 21.3. The summed E-state index contributed by atoms with van der Waals surface area (Å²) in [5.41, 5.74) is 4.02. The summed E-state index contributed by atoms with van der Waals surface area (Å²) >= 11 is 0. The van der Waals surface area contributed by atoms with Crippen LogP contribution in [-0.2, 0) is 15.5 Å². The molecule has 1 aliphatic heterocycles. The van der Waals surface area contributed by atoms with Crippen molar-refractivity contribution in [2.75, 3.05) is 0 Å². The third kappa shape index (κ3) is 4.30. The molecule has 3 rings (SSSR count). The molecule has 1 heterocycles. The van der Waals surface area contributed by atoms with E-state index in [0.29, 0.717) is 5.46 Å². The molecule has 2 aromatic rings. The lowest BCUT2D eigenvalue weighted by Gasteiger charge is -2.32. The van der Waals surface area contributed by atoms with E-state index in [-0.39, 0.29) is 17.1 Å². The highest BCUT2D eigenvalue weighted by Gasteiger charge is 2.52. The summed E-state index contributed by atoms with van der Waals surface area (Å²) in [4.78, 5) is 4.02. The topological polar surface area (TPSA) is 56.8 Å². The highest BCUT2D eigenvalue weighted by molar-refractivity contribution is 6.62. The standard InChI is InChI=1S/C20H21BF4N2O2/c1-18(2)19(3,4)29-21(28-18)12-5-10-16(20(23,24)25)15(11-12)17(26)27-14-8-6-13(22)7-9-14/h5-11H,1-4H3,(H2,26,27). The predicted molar refractivity (Wildman–Crippen MR) is 104 cm³/mol. The maximum atomic E-state index is 13.5. The number of hydrogen-bond donors (Lipinski definition) is 1. The fourth-order valence-corrected chi connectivity index (χ4v) is 2.86. The van der Waals surface area contributed by atoms with Gasteiger partial charge in [0.2, 0.25) is 0 Å². The van der Waals surface area contributed by atoms with Gasteiger partial charge < -0.3 is 15.0 Å². The molecule has 0 aromatic heterocycles. The van der Waals surface area contributed by atoms with E-state index in [1.165, 1.54) is 24.3 Å². The first-order chi connectivity index (χ1) is 13.3. The number of benzene rings is 2. The predicted octanol–water partition coefficient (Wildman–Crippen LogP) is 4.18.